The number of benzene rings is 2. The second-order valence-corrected chi connectivity index (χ2v) is 11.8. The SMILES string of the molecule is COc1ccc(NC(=O)C(c2cc(C)cc(C)c2)N(C(=O)C(CC(N)=O)NC(=O)OC(C)(C)C)C(C)(C)C)cc1. The summed E-state index contributed by atoms with van der Waals surface area (Å²) >= 11 is 0. The van der Waals surface area contributed by atoms with Crippen molar-refractivity contribution in [1.82, 2.24) is 10.2 Å². The minimum Gasteiger partial charge on any atom is -0.497 e. The Morgan fingerprint density at radius 2 is 1.48 bits per heavy atom. The van der Waals surface area contributed by atoms with Crippen molar-refractivity contribution < 1.29 is 28.7 Å². The first-order chi connectivity index (χ1) is 18.4. The number of carbonyl (C=O) groups excluding carboxylic acids is 4. The molecule has 0 saturated carbocycles. The number of nitrogens with zero attached hydrogens (tertiary/aromatic N) is 1. The van der Waals surface area contributed by atoms with E-state index in [9.17, 15) is 19.2 Å². The van der Waals surface area contributed by atoms with Crippen LogP contribution in [0, 0.1) is 13.8 Å². The Morgan fingerprint density at radius 3 is 1.93 bits per heavy atom. The zero-order valence-electron chi connectivity index (χ0n) is 24.9. The molecule has 0 heterocycles. The minimum atomic E-state index is -1.37. The first-order valence-electron chi connectivity index (χ1n) is 13.1. The quantitative estimate of drug-likeness (QED) is 0.420. The maximum Gasteiger partial charge on any atom is 0.408 e. The fraction of sp³-hybridized carbons (Fsp3) is 0.467. The van der Waals surface area contributed by atoms with E-state index < -0.39 is 53.5 Å². The second kappa shape index (κ2) is 12.8. The molecule has 2 aromatic rings. The summed E-state index contributed by atoms with van der Waals surface area (Å²) in [6, 6.07) is 9.95. The largest absolute Gasteiger partial charge is 0.497 e. The molecule has 0 radical (unpaired) electrons. The molecule has 10 heteroatoms. The molecule has 2 aromatic carbocycles. The first kappa shape index (κ1) is 32.1. The summed E-state index contributed by atoms with van der Waals surface area (Å²) in [4.78, 5) is 54.2. The van der Waals surface area contributed by atoms with Crippen LogP contribution in [-0.4, -0.2) is 53.0 Å². The normalized spacial score (nSPS) is 13.0. The Labute approximate surface area is 236 Å². The van der Waals surface area contributed by atoms with E-state index in [2.05, 4.69) is 10.6 Å². The Morgan fingerprint density at radius 1 is 0.925 bits per heavy atom. The predicted octanol–water partition coefficient (Wildman–Crippen LogP) is 4.39. The van der Waals surface area contributed by atoms with Gasteiger partial charge in [-0.2, -0.15) is 0 Å². The van der Waals surface area contributed by atoms with Gasteiger partial charge in [-0.1, -0.05) is 29.3 Å². The molecule has 0 aromatic heterocycles. The van der Waals surface area contributed by atoms with Crippen molar-refractivity contribution in [1.29, 1.82) is 0 Å². The van der Waals surface area contributed by atoms with Crippen LogP contribution in [0.25, 0.3) is 0 Å². The smallest absolute Gasteiger partial charge is 0.408 e. The van der Waals surface area contributed by atoms with Gasteiger partial charge >= 0.3 is 6.09 Å². The molecule has 40 heavy (non-hydrogen) atoms. The molecule has 0 aliphatic rings. The van der Waals surface area contributed by atoms with Crippen molar-refractivity contribution in [3.8, 4) is 5.75 Å². The number of alkyl carbamates (subject to hydrolysis) is 1. The standard InChI is InChI=1S/C30H42N4O6/c1-18-14-19(2)16-20(15-18)25(26(36)32-21-10-12-22(39-9)13-11-21)34(29(3,4)5)27(37)23(17-24(31)35)33-28(38)40-30(6,7)8/h10-16,23,25H,17H2,1-9H3,(H2,31,35)(H,32,36)(H,33,38). The number of carbonyl (C=O) groups is 4. The van der Waals surface area contributed by atoms with Crippen LogP contribution >= 0.6 is 0 Å². The number of anilines is 1. The van der Waals surface area contributed by atoms with Gasteiger partial charge in [-0.25, -0.2) is 4.79 Å². The topological polar surface area (TPSA) is 140 Å². The van der Waals surface area contributed by atoms with Crippen molar-refractivity contribution >= 4 is 29.5 Å². The zero-order valence-corrected chi connectivity index (χ0v) is 24.9. The molecule has 0 bridgehead atoms. The summed E-state index contributed by atoms with van der Waals surface area (Å²) in [6.07, 6.45) is -1.36. The summed E-state index contributed by atoms with van der Waals surface area (Å²) in [7, 11) is 1.55. The van der Waals surface area contributed by atoms with Crippen molar-refractivity contribution in [2.75, 3.05) is 12.4 Å². The molecule has 0 aliphatic heterocycles. The van der Waals surface area contributed by atoms with E-state index in [1.165, 1.54) is 4.90 Å². The van der Waals surface area contributed by atoms with Crippen molar-refractivity contribution in [2.45, 2.75) is 85.0 Å². The van der Waals surface area contributed by atoms with Crippen LogP contribution in [0.1, 0.15) is 70.7 Å². The first-order valence-corrected chi connectivity index (χ1v) is 13.1. The number of nitrogens with two attached hydrogens (primary N) is 1. The Bertz CT molecular complexity index is 1210. The Balaban J connectivity index is 2.63. The van der Waals surface area contributed by atoms with Gasteiger partial charge in [0.1, 0.15) is 23.4 Å². The monoisotopic (exact) mass is 554 g/mol. The lowest BCUT2D eigenvalue weighted by Crippen LogP contribution is -2.58. The fourth-order valence-corrected chi connectivity index (χ4v) is 4.33. The lowest BCUT2D eigenvalue weighted by atomic mass is 9.93. The van der Waals surface area contributed by atoms with Crippen LogP contribution in [0.2, 0.25) is 0 Å². The second-order valence-electron chi connectivity index (χ2n) is 11.8. The molecule has 2 unspecified atom stereocenters. The summed E-state index contributed by atoms with van der Waals surface area (Å²) in [5.41, 5.74) is 6.57. The number of rotatable bonds is 9. The van der Waals surface area contributed by atoms with Gasteiger partial charge in [-0.3, -0.25) is 14.4 Å². The van der Waals surface area contributed by atoms with E-state index in [-0.39, 0.29) is 0 Å². The molecule has 2 atom stereocenters. The molecule has 0 saturated heterocycles. The third-order valence-electron chi connectivity index (χ3n) is 5.78. The van der Waals surface area contributed by atoms with E-state index in [0.29, 0.717) is 17.0 Å². The third kappa shape index (κ3) is 9.29. The molecule has 0 fully saturated rings. The minimum absolute atomic E-state index is 0.478. The van der Waals surface area contributed by atoms with E-state index in [1.54, 1.807) is 72.9 Å². The summed E-state index contributed by atoms with van der Waals surface area (Å²) in [5.74, 6) is -1.31. The number of nitrogens with one attached hydrogen (secondary N) is 2. The van der Waals surface area contributed by atoms with Crippen molar-refractivity contribution in [3.63, 3.8) is 0 Å². The van der Waals surface area contributed by atoms with E-state index in [0.717, 1.165) is 11.1 Å². The van der Waals surface area contributed by atoms with Gasteiger partial charge in [0.25, 0.3) is 5.91 Å². The van der Waals surface area contributed by atoms with Crippen molar-refractivity contribution in [2.24, 2.45) is 5.73 Å². The number of hydrogen-bond donors (Lipinski definition) is 3. The van der Waals surface area contributed by atoms with Crippen LogP contribution in [0.5, 0.6) is 5.75 Å². The summed E-state index contributed by atoms with van der Waals surface area (Å²) in [6.45, 7) is 14.2. The van der Waals surface area contributed by atoms with Gasteiger partial charge in [0.15, 0.2) is 0 Å². The number of ether oxygens (including phenoxy) is 2. The number of amides is 4. The molecular weight excluding hydrogens is 512 g/mol. The summed E-state index contributed by atoms with van der Waals surface area (Å²) < 4.78 is 10.5. The highest BCUT2D eigenvalue weighted by atomic mass is 16.6. The van der Waals surface area contributed by atoms with Gasteiger partial charge in [0.05, 0.1) is 13.5 Å². The van der Waals surface area contributed by atoms with E-state index in [1.807, 2.05) is 32.0 Å². The molecule has 4 amide bonds. The van der Waals surface area contributed by atoms with Crippen LogP contribution in [0.4, 0.5) is 10.5 Å². The maximum absolute atomic E-state index is 14.2. The van der Waals surface area contributed by atoms with Crippen LogP contribution in [0.15, 0.2) is 42.5 Å². The average Bonchev–Trinajstić information content (AvgIpc) is 2.79. The Kier molecular flexibility index (Phi) is 10.3. The van der Waals surface area contributed by atoms with Crippen LogP contribution < -0.4 is 21.1 Å². The third-order valence-corrected chi connectivity index (χ3v) is 5.78. The van der Waals surface area contributed by atoms with E-state index >= 15 is 0 Å². The van der Waals surface area contributed by atoms with Gasteiger partial charge in [-0.05, 0) is 85.2 Å². The molecule has 10 nitrogen and oxygen atoms in total. The predicted molar refractivity (Wildman–Crippen MR) is 154 cm³/mol. The molecule has 2 rings (SSSR count). The Hall–Kier alpha value is -4.08. The fourth-order valence-electron chi connectivity index (χ4n) is 4.33. The number of hydrogen-bond acceptors (Lipinski definition) is 6. The van der Waals surface area contributed by atoms with Crippen molar-refractivity contribution in [3.05, 3.63) is 59.2 Å². The highest BCUT2D eigenvalue weighted by Crippen LogP contribution is 2.32. The number of primary amides is 1. The van der Waals surface area contributed by atoms with Crippen LogP contribution in [-0.2, 0) is 19.1 Å². The summed E-state index contributed by atoms with van der Waals surface area (Å²) in [5, 5.41) is 5.39. The zero-order chi connectivity index (χ0) is 30.4. The molecule has 218 valence electrons. The average molecular weight is 555 g/mol. The highest BCUT2D eigenvalue weighted by molar-refractivity contribution is 6.00. The van der Waals surface area contributed by atoms with Crippen LogP contribution in [0.3, 0.4) is 0 Å². The van der Waals surface area contributed by atoms with Gasteiger partial charge in [0.2, 0.25) is 11.8 Å². The van der Waals surface area contributed by atoms with Gasteiger partial charge < -0.3 is 30.7 Å². The lowest BCUT2D eigenvalue weighted by Gasteiger charge is -2.43. The van der Waals surface area contributed by atoms with E-state index in [4.69, 9.17) is 15.2 Å². The molecule has 0 spiro atoms. The van der Waals surface area contributed by atoms with Gasteiger partial charge in [0, 0.05) is 11.2 Å². The molecular formula is C30H42N4O6. The highest BCUT2D eigenvalue weighted by Gasteiger charge is 2.42. The lowest BCUT2D eigenvalue weighted by molar-refractivity contribution is -0.147. The van der Waals surface area contributed by atoms with Gasteiger partial charge in [-0.15, -0.1) is 0 Å². The maximum atomic E-state index is 14.2. The molecule has 4 N–H and O–H groups in total. The number of methoxy groups -OCH3 is 1. The molecule has 0 aliphatic carbocycles. The number of aryl methyl sites for hydroxylation is 2.